The Bertz CT molecular complexity index is 998. The van der Waals surface area contributed by atoms with Gasteiger partial charge >= 0.3 is 0 Å². The molecule has 3 rings (SSSR count). The summed E-state index contributed by atoms with van der Waals surface area (Å²) in [6.45, 7) is 15.1. The molecule has 2 aromatic carbocycles. The summed E-state index contributed by atoms with van der Waals surface area (Å²) in [5, 5.41) is 3.91. The predicted octanol–water partition coefficient (Wildman–Crippen LogP) is 5.11. The Labute approximate surface area is 232 Å². The van der Waals surface area contributed by atoms with Crippen molar-refractivity contribution < 1.29 is 18.7 Å². The first-order valence-corrected chi connectivity index (χ1v) is 13.3. The number of carbonyl (C=O) groups excluding carboxylic acids is 2. The third-order valence-corrected chi connectivity index (χ3v) is 5.98. The maximum atomic E-state index is 14.4. The number of anilines is 1. The molecule has 0 unspecified atom stereocenters. The van der Waals surface area contributed by atoms with Crippen LogP contribution in [0.4, 0.5) is 10.1 Å². The molecule has 1 fully saturated rings. The van der Waals surface area contributed by atoms with E-state index in [2.05, 4.69) is 16.8 Å². The minimum atomic E-state index is -0.530. The van der Waals surface area contributed by atoms with Crippen molar-refractivity contribution >= 4 is 29.1 Å². The highest BCUT2D eigenvalue weighted by atomic mass is 35.5. The summed E-state index contributed by atoms with van der Waals surface area (Å²) in [4.78, 5) is 28.4. The molecule has 38 heavy (non-hydrogen) atoms. The summed E-state index contributed by atoms with van der Waals surface area (Å²) in [6.07, 6.45) is 2.53. The van der Waals surface area contributed by atoms with Crippen molar-refractivity contribution in [3.63, 3.8) is 0 Å². The van der Waals surface area contributed by atoms with Crippen LogP contribution in [0.2, 0.25) is 5.02 Å². The second-order valence-electron chi connectivity index (χ2n) is 8.47. The molecule has 1 N–H and O–H groups in total. The Balaban J connectivity index is 0.000000620. The lowest BCUT2D eigenvalue weighted by Crippen LogP contribution is -2.43. The van der Waals surface area contributed by atoms with Gasteiger partial charge in [-0.2, -0.15) is 0 Å². The molecule has 9 heteroatoms. The van der Waals surface area contributed by atoms with Gasteiger partial charge in [0.25, 0.3) is 5.91 Å². The number of piperazine rings is 1. The van der Waals surface area contributed by atoms with Crippen molar-refractivity contribution in [3.05, 3.63) is 71.5 Å². The molecule has 7 nitrogen and oxygen atoms in total. The SMILES string of the molecule is C=CCN(C)C(C)=O.CC.CN(C(=O)c1ccc(OCCCN2CCNCC2)c(F)c1)c1ccc(Cl)cc1. The molecule has 210 valence electrons. The molecule has 2 aromatic rings. The number of ether oxygens (including phenoxy) is 1. The minimum Gasteiger partial charge on any atom is -0.490 e. The Hall–Kier alpha value is -2.94. The molecule has 2 amide bonds. The quantitative estimate of drug-likeness (QED) is 0.348. The van der Waals surface area contributed by atoms with Gasteiger partial charge in [0.1, 0.15) is 0 Å². The number of likely N-dealkylation sites (N-methyl/N-ethyl adjacent to an activating group) is 1. The standard InChI is InChI=1S/C21H25ClFN3O2.C6H11NO.C2H6/c1-25(18-6-4-17(22)5-7-18)21(27)16-3-8-20(19(23)15-16)28-14-2-11-26-12-9-24-10-13-26;1-4-5-7(3)6(2)8;1-2/h3-8,15,24H,2,9-14H2,1H3;4H,1,5H2,2-3H3;1-2H3. The fraction of sp³-hybridized carbons (Fsp3) is 0.448. The molecule has 1 aliphatic heterocycles. The monoisotopic (exact) mass is 548 g/mol. The fourth-order valence-electron chi connectivity index (χ4n) is 3.45. The summed E-state index contributed by atoms with van der Waals surface area (Å²) in [6, 6.07) is 11.2. The molecule has 0 bridgehead atoms. The summed E-state index contributed by atoms with van der Waals surface area (Å²) in [5.74, 6) is -0.583. The van der Waals surface area contributed by atoms with Gasteiger partial charge in [0, 0.05) is 76.6 Å². The normalized spacial score (nSPS) is 12.7. The molecule has 0 spiro atoms. The average Bonchev–Trinajstić information content (AvgIpc) is 2.93. The first kappa shape index (κ1) is 33.1. The summed E-state index contributed by atoms with van der Waals surface area (Å²) >= 11 is 5.87. The van der Waals surface area contributed by atoms with E-state index in [9.17, 15) is 14.0 Å². The van der Waals surface area contributed by atoms with E-state index in [0.29, 0.717) is 23.9 Å². The molecule has 1 heterocycles. The lowest BCUT2D eigenvalue weighted by molar-refractivity contribution is -0.127. The largest absolute Gasteiger partial charge is 0.490 e. The number of rotatable bonds is 9. The second-order valence-corrected chi connectivity index (χ2v) is 8.90. The molecule has 0 aromatic heterocycles. The molecule has 0 aliphatic carbocycles. The van der Waals surface area contributed by atoms with Crippen LogP contribution in [0.5, 0.6) is 5.75 Å². The topological polar surface area (TPSA) is 65.1 Å². The van der Waals surface area contributed by atoms with Gasteiger partial charge in [-0.15, -0.1) is 6.58 Å². The van der Waals surface area contributed by atoms with Crippen LogP contribution in [0.1, 0.15) is 37.6 Å². The maximum absolute atomic E-state index is 14.4. The van der Waals surface area contributed by atoms with Crippen LogP contribution in [0.25, 0.3) is 0 Å². The number of nitrogens with zero attached hydrogens (tertiary/aromatic N) is 3. The van der Waals surface area contributed by atoms with Gasteiger partial charge < -0.3 is 24.8 Å². The zero-order valence-electron chi connectivity index (χ0n) is 23.3. The molecule has 0 atom stereocenters. The van der Waals surface area contributed by atoms with E-state index in [1.165, 1.54) is 24.0 Å². The Kier molecular flexibility index (Phi) is 16.0. The second kappa shape index (κ2) is 18.3. The van der Waals surface area contributed by atoms with Gasteiger partial charge in [-0.25, -0.2) is 4.39 Å². The van der Waals surface area contributed by atoms with E-state index >= 15 is 0 Å². The highest BCUT2D eigenvalue weighted by molar-refractivity contribution is 6.30. The van der Waals surface area contributed by atoms with Crippen LogP contribution in [0.3, 0.4) is 0 Å². The molecule has 0 radical (unpaired) electrons. The smallest absolute Gasteiger partial charge is 0.258 e. The minimum absolute atomic E-state index is 0.0740. The molecular weight excluding hydrogens is 507 g/mol. The number of hydrogen-bond donors (Lipinski definition) is 1. The Morgan fingerprint density at radius 2 is 1.76 bits per heavy atom. The highest BCUT2D eigenvalue weighted by Gasteiger charge is 2.16. The van der Waals surface area contributed by atoms with Crippen LogP contribution in [-0.4, -0.2) is 81.6 Å². The third kappa shape index (κ3) is 11.6. The van der Waals surface area contributed by atoms with E-state index in [-0.39, 0.29) is 23.1 Å². The van der Waals surface area contributed by atoms with Crippen molar-refractivity contribution in [1.29, 1.82) is 0 Å². The first-order valence-electron chi connectivity index (χ1n) is 12.9. The van der Waals surface area contributed by atoms with E-state index < -0.39 is 5.82 Å². The predicted molar refractivity (Wildman–Crippen MR) is 155 cm³/mol. The van der Waals surface area contributed by atoms with Crippen LogP contribution >= 0.6 is 11.6 Å². The third-order valence-electron chi connectivity index (χ3n) is 5.72. The number of benzene rings is 2. The van der Waals surface area contributed by atoms with Crippen LogP contribution in [0, 0.1) is 5.82 Å². The molecule has 0 saturated carbocycles. The Morgan fingerprint density at radius 3 is 2.29 bits per heavy atom. The average molecular weight is 549 g/mol. The van der Waals surface area contributed by atoms with Gasteiger partial charge in [-0.3, -0.25) is 9.59 Å². The van der Waals surface area contributed by atoms with E-state index in [0.717, 1.165) is 39.1 Å². The van der Waals surface area contributed by atoms with Gasteiger partial charge in [-0.05, 0) is 48.9 Å². The van der Waals surface area contributed by atoms with Gasteiger partial charge in [-0.1, -0.05) is 31.5 Å². The van der Waals surface area contributed by atoms with E-state index in [1.54, 1.807) is 55.4 Å². The van der Waals surface area contributed by atoms with Crippen LogP contribution in [0.15, 0.2) is 55.1 Å². The zero-order valence-corrected chi connectivity index (χ0v) is 24.1. The fourth-order valence-corrected chi connectivity index (χ4v) is 3.58. The molecular formula is C29H42ClFN4O3. The molecule has 1 saturated heterocycles. The van der Waals surface area contributed by atoms with Crippen LogP contribution < -0.4 is 15.0 Å². The maximum Gasteiger partial charge on any atom is 0.258 e. The van der Waals surface area contributed by atoms with Crippen molar-refractivity contribution in [2.45, 2.75) is 27.2 Å². The lowest BCUT2D eigenvalue weighted by Gasteiger charge is -2.27. The Morgan fingerprint density at radius 1 is 1.13 bits per heavy atom. The number of hydrogen-bond acceptors (Lipinski definition) is 5. The summed E-state index contributed by atoms with van der Waals surface area (Å²) in [7, 11) is 3.38. The lowest BCUT2D eigenvalue weighted by atomic mass is 10.1. The van der Waals surface area contributed by atoms with E-state index in [4.69, 9.17) is 16.3 Å². The van der Waals surface area contributed by atoms with Crippen LogP contribution in [-0.2, 0) is 4.79 Å². The summed E-state index contributed by atoms with van der Waals surface area (Å²) in [5.41, 5.74) is 0.950. The number of amides is 2. The zero-order chi connectivity index (χ0) is 28.5. The van der Waals surface area contributed by atoms with Gasteiger partial charge in [0.15, 0.2) is 11.6 Å². The summed E-state index contributed by atoms with van der Waals surface area (Å²) < 4.78 is 19.9. The molecule has 1 aliphatic rings. The van der Waals surface area contributed by atoms with Crippen molar-refractivity contribution in [3.8, 4) is 5.75 Å². The number of nitrogens with one attached hydrogen (secondary N) is 1. The van der Waals surface area contributed by atoms with Crippen molar-refractivity contribution in [2.75, 3.05) is 64.9 Å². The van der Waals surface area contributed by atoms with Gasteiger partial charge in [0.05, 0.1) is 6.61 Å². The number of halogens is 2. The van der Waals surface area contributed by atoms with Crippen molar-refractivity contribution in [2.24, 2.45) is 0 Å². The van der Waals surface area contributed by atoms with E-state index in [1.807, 2.05) is 13.8 Å². The van der Waals surface area contributed by atoms with Gasteiger partial charge in [0.2, 0.25) is 5.91 Å². The first-order chi connectivity index (χ1) is 18.2. The number of carbonyl (C=O) groups is 2. The highest BCUT2D eigenvalue weighted by Crippen LogP contribution is 2.22. The van der Waals surface area contributed by atoms with Crippen molar-refractivity contribution in [1.82, 2.24) is 15.1 Å².